The molecule has 2 aromatic rings. The number of nitrogens with zero attached hydrogens (tertiary/aromatic N) is 1. The second kappa shape index (κ2) is 5.67. The molecule has 0 aliphatic carbocycles. The molecule has 102 valence electrons. The first-order chi connectivity index (χ1) is 9.08. The van der Waals surface area contributed by atoms with Gasteiger partial charge >= 0.3 is 0 Å². The van der Waals surface area contributed by atoms with Crippen LogP contribution < -0.4 is 0 Å². The minimum atomic E-state index is -0.296. The lowest BCUT2D eigenvalue weighted by molar-refractivity contribution is 0.0736. The number of likely N-dealkylation sites (N-methyl/N-ethyl adjacent to an activating group) is 1. The molecule has 1 amide bonds. The van der Waals surface area contributed by atoms with E-state index in [0.29, 0.717) is 18.0 Å². The summed E-state index contributed by atoms with van der Waals surface area (Å²) in [6, 6.07) is 4.56. The van der Waals surface area contributed by atoms with Gasteiger partial charge in [-0.2, -0.15) is 0 Å². The Morgan fingerprint density at radius 3 is 2.84 bits per heavy atom. The SMILES string of the molecule is CCN(CCO)C(=O)c1sc2ccc(F)cc2c1C. The molecule has 0 aliphatic rings. The largest absolute Gasteiger partial charge is 0.395 e. The van der Waals surface area contributed by atoms with Crippen LogP contribution in [-0.2, 0) is 0 Å². The first-order valence-corrected chi connectivity index (χ1v) is 6.99. The molecule has 0 spiro atoms. The van der Waals surface area contributed by atoms with Crippen LogP contribution in [0, 0.1) is 12.7 Å². The van der Waals surface area contributed by atoms with E-state index in [-0.39, 0.29) is 18.3 Å². The van der Waals surface area contributed by atoms with Crippen molar-refractivity contribution in [1.82, 2.24) is 4.90 Å². The number of hydrogen-bond donors (Lipinski definition) is 1. The highest BCUT2D eigenvalue weighted by Crippen LogP contribution is 2.32. The van der Waals surface area contributed by atoms with Crippen molar-refractivity contribution in [3.63, 3.8) is 0 Å². The van der Waals surface area contributed by atoms with E-state index in [2.05, 4.69) is 0 Å². The van der Waals surface area contributed by atoms with Crippen LogP contribution in [0.3, 0.4) is 0 Å². The number of carbonyl (C=O) groups is 1. The molecule has 0 saturated carbocycles. The van der Waals surface area contributed by atoms with Gasteiger partial charge < -0.3 is 10.0 Å². The highest BCUT2D eigenvalue weighted by atomic mass is 32.1. The van der Waals surface area contributed by atoms with E-state index in [0.717, 1.165) is 15.6 Å². The third-order valence-electron chi connectivity index (χ3n) is 3.13. The Kier molecular flexibility index (Phi) is 4.17. The summed E-state index contributed by atoms with van der Waals surface area (Å²) in [6.45, 7) is 4.51. The van der Waals surface area contributed by atoms with Crippen molar-refractivity contribution < 1.29 is 14.3 Å². The highest BCUT2D eigenvalue weighted by Gasteiger charge is 2.20. The standard InChI is InChI=1S/C14H16FNO2S/c1-3-16(6-7-17)14(18)13-9(2)11-8-10(15)4-5-12(11)19-13/h4-5,8,17H,3,6-7H2,1-2H3. The van der Waals surface area contributed by atoms with Gasteiger partial charge in [0, 0.05) is 17.8 Å². The molecule has 1 N–H and O–H groups in total. The zero-order chi connectivity index (χ0) is 14.0. The Bertz CT molecular complexity index is 609. The molecule has 19 heavy (non-hydrogen) atoms. The van der Waals surface area contributed by atoms with Gasteiger partial charge in [0.25, 0.3) is 5.91 Å². The van der Waals surface area contributed by atoms with Crippen molar-refractivity contribution in [2.45, 2.75) is 13.8 Å². The monoisotopic (exact) mass is 281 g/mol. The van der Waals surface area contributed by atoms with Crippen LogP contribution in [0.25, 0.3) is 10.1 Å². The van der Waals surface area contributed by atoms with E-state index in [1.54, 1.807) is 11.0 Å². The van der Waals surface area contributed by atoms with Crippen LogP contribution in [0.15, 0.2) is 18.2 Å². The van der Waals surface area contributed by atoms with Gasteiger partial charge in [-0.15, -0.1) is 11.3 Å². The van der Waals surface area contributed by atoms with Gasteiger partial charge in [0.05, 0.1) is 11.5 Å². The van der Waals surface area contributed by atoms with E-state index < -0.39 is 0 Å². The summed E-state index contributed by atoms with van der Waals surface area (Å²) in [5.41, 5.74) is 0.806. The van der Waals surface area contributed by atoms with Crippen LogP contribution in [0.5, 0.6) is 0 Å². The van der Waals surface area contributed by atoms with E-state index >= 15 is 0 Å². The highest BCUT2D eigenvalue weighted by molar-refractivity contribution is 7.21. The first-order valence-electron chi connectivity index (χ1n) is 6.17. The molecule has 0 aliphatic heterocycles. The van der Waals surface area contributed by atoms with Crippen molar-refractivity contribution in [3.05, 3.63) is 34.5 Å². The Hall–Kier alpha value is -1.46. The number of fused-ring (bicyclic) bond motifs is 1. The maximum absolute atomic E-state index is 13.2. The van der Waals surface area contributed by atoms with Gasteiger partial charge in [0.1, 0.15) is 5.82 Å². The molecule has 0 fully saturated rings. The lowest BCUT2D eigenvalue weighted by Crippen LogP contribution is -2.33. The second-order valence-electron chi connectivity index (χ2n) is 4.31. The number of carbonyl (C=O) groups excluding carboxylic acids is 1. The molecule has 1 heterocycles. The zero-order valence-electron chi connectivity index (χ0n) is 10.9. The van der Waals surface area contributed by atoms with Crippen LogP contribution in [0.2, 0.25) is 0 Å². The molecule has 2 rings (SSSR count). The molecule has 1 aromatic carbocycles. The molecule has 0 bridgehead atoms. The molecule has 3 nitrogen and oxygen atoms in total. The maximum Gasteiger partial charge on any atom is 0.264 e. The third-order valence-corrected chi connectivity index (χ3v) is 4.39. The molecular formula is C14H16FNO2S. The molecule has 0 saturated heterocycles. The maximum atomic E-state index is 13.2. The topological polar surface area (TPSA) is 40.5 Å². The molecule has 1 aromatic heterocycles. The fourth-order valence-corrected chi connectivity index (χ4v) is 3.22. The fourth-order valence-electron chi connectivity index (χ4n) is 2.06. The third kappa shape index (κ3) is 2.62. The van der Waals surface area contributed by atoms with Crippen molar-refractivity contribution in [2.24, 2.45) is 0 Å². The lowest BCUT2D eigenvalue weighted by atomic mass is 10.1. The van der Waals surface area contributed by atoms with Gasteiger partial charge in [-0.05, 0) is 43.0 Å². The minimum absolute atomic E-state index is 0.0574. The van der Waals surface area contributed by atoms with E-state index in [4.69, 9.17) is 5.11 Å². The summed E-state index contributed by atoms with van der Waals surface area (Å²) in [4.78, 5) is 14.6. The lowest BCUT2D eigenvalue weighted by Gasteiger charge is -2.19. The number of amides is 1. The van der Waals surface area contributed by atoms with Crippen LogP contribution in [-0.4, -0.2) is 35.6 Å². The summed E-state index contributed by atoms with van der Waals surface area (Å²) >= 11 is 1.37. The summed E-state index contributed by atoms with van der Waals surface area (Å²) in [5, 5.41) is 9.75. The smallest absolute Gasteiger partial charge is 0.264 e. The van der Waals surface area contributed by atoms with Crippen molar-refractivity contribution in [3.8, 4) is 0 Å². The van der Waals surface area contributed by atoms with E-state index in [1.165, 1.54) is 23.5 Å². The Morgan fingerprint density at radius 1 is 1.47 bits per heavy atom. The van der Waals surface area contributed by atoms with Gasteiger partial charge in [0.15, 0.2) is 0 Å². The van der Waals surface area contributed by atoms with Gasteiger partial charge in [0.2, 0.25) is 0 Å². The summed E-state index contributed by atoms with van der Waals surface area (Å²) in [6.07, 6.45) is 0. The van der Waals surface area contributed by atoms with Crippen LogP contribution >= 0.6 is 11.3 Å². The summed E-state index contributed by atoms with van der Waals surface area (Å²) in [5.74, 6) is -0.397. The number of rotatable bonds is 4. The normalized spacial score (nSPS) is 10.9. The number of aliphatic hydroxyl groups is 1. The number of halogens is 1. The molecule has 0 unspecified atom stereocenters. The van der Waals surface area contributed by atoms with Crippen molar-refractivity contribution in [2.75, 3.05) is 19.7 Å². The number of hydrogen-bond acceptors (Lipinski definition) is 3. The van der Waals surface area contributed by atoms with Crippen LogP contribution in [0.1, 0.15) is 22.2 Å². The minimum Gasteiger partial charge on any atom is -0.395 e. The zero-order valence-corrected chi connectivity index (χ0v) is 11.8. The second-order valence-corrected chi connectivity index (χ2v) is 5.36. The number of aliphatic hydroxyl groups excluding tert-OH is 1. The number of thiophene rings is 1. The molecular weight excluding hydrogens is 265 g/mol. The van der Waals surface area contributed by atoms with Gasteiger partial charge in [-0.25, -0.2) is 4.39 Å². The average Bonchev–Trinajstić information content (AvgIpc) is 2.72. The molecule has 0 radical (unpaired) electrons. The number of aryl methyl sites for hydroxylation is 1. The van der Waals surface area contributed by atoms with Crippen LogP contribution in [0.4, 0.5) is 4.39 Å². The molecule has 0 atom stereocenters. The van der Waals surface area contributed by atoms with E-state index in [9.17, 15) is 9.18 Å². The molecule has 5 heteroatoms. The van der Waals surface area contributed by atoms with Crippen molar-refractivity contribution in [1.29, 1.82) is 0 Å². The quantitative estimate of drug-likeness (QED) is 0.936. The van der Waals surface area contributed by atoms with Gasteiger partial charge in [-0.3, -0.25) is 4.79 Å². The Morgan fingerprint density at radius 2 is 2.21 bits per heavy atom. The van der Waals surface area contributed by atoms with Crippen molar-refractivity contribution >= 4 is 27.3 Å². The predicted molar refractivity (Wildman–Crippen MR) is 75.2 cm³/mol. The Labute approximate surface area is 115 Å². The predicted octanol–water partition coefficient (Wildman–Crippen LogP) is 2.80. The first kappa shape index (κ1) is 14.0. The fraction of sp³-hybridized carbons (Fsp3) is 0.357. The number of benzene rings is 1. The average molecular weight is 281 g/mol. The Balaban J connectivity index is 2.45. The van der Waals surface area contributed by atoms with E-state index in [1.807, 2.05) is 13.8 Å². The summed E-state index contributed by atoms with van der Waals surface area (Å²) in [7, 11) is 0. The van der Waals surface area contributed by atoms with Gasteiger partial charge in [-0.1, -0.05) is 0 Å². The summed E-state index contributed by atoms with van der Waals surface area (Å²) < 4.78 is 14.2.